The predicted molar refractivity (Wildman–Crippen MR) is 106 cm³/mol. The lowest BCUT2D eigenvalue weighted by Crippen LogP contribution is -2.13. The maximum absolute atomic E-state index is 11.6. The molecule has 1 aliphatic heterocycles. The fraction of sp³-hybridized carbons (Fsp3) is 0.200. The normalized spacial score (nSPS) is 16.6. The third-order valence-electron chi connectivity index (χ3n) is 5.15. The van der Waals surface area contributed by atoms with E-state index >= 15 is 0 Å². The van der Waals surface area contributed by atoms with E-state index in [0.29, 0.717) is 22.9 Å². The summed E-state index contributed by atoms with van der Waals surface area (Å²) in [6.07, 6.45) is 3.06. The molecule has 4 N–H and O–H groups in total. The number of benzene rings is 2. The standard InChI is InChI=1S/C20H19N7O/c21-19(28)15-2-1-3-16-18(15)24-20(23-16)13-6-4-12(5-7-13)17-11-27(26-25-17)14-8-9-22-10-14/h1-7,11,14,22H,8-10H2,(H2,21,28)(H,23,24)/t14-/m0/s1. The van der Waals surface area contributed by atoms with E-state index in [2.05, 4.69) is 25.6 Å². The van der Waals surface area contributed by atoms with Crippen LogP contribution >= 0.6 is 0 Å². The Hall–Kier alpha value is -3.52. The van der Waals surface area contributed by atoms with Gasteiger partial charge in [0.15, 0.2) is 0 Å². The van der Waals surface area contributed by atoms with Gasteiger partial charge in [-0.15, -0.1) is 5.10 Å². The van der Waals surface area contributed by atoms with Crippen molar-refractivity contribution in [3.8, 4) is 22.6 Å². The third kappa shape index (κ3) is 2.84. The highest BCUT2D eigenvalue weighted by molar-refractivity contribution is 6.04. The van der Waals surface area contributed by atoms with Crippen molar-refractivity contribution in [1.29, 1.82) is 0 Å². The van der Waals surface area contributed by atoms with Gasteiger partial charge in [-0.25, -0.2) is 9.67 Å². The maximum atomic E-state index is 11.6. The molecule has 0 aliphatic carbocycles. The number of hydrogen-bond donors (Lipinski definition) is 3. The van der Waals surface area contributed by atoms with E-state index < -0.39 is 5.91 Å². The highest BCUT2D eigenvalue weighted by atomic mass is 16.1. The predicted octanol–water partition coefficient (Wildman–Crippen LogP) is 2.12. The summed E-state index contributed by atoms with van der Waals surface area (Å²) in [7, 11) is 0. The van der Waals surface area contributed by atoms with Gasteiger partial charge >= 0.3 is 0 Å². The smallest absolute Gasteiger partial charge is 0.250 e. The minimum atomic E-state index is -0.487. The Morgan fingerprint density at radius 2 is 1.96 bits per heavy atom. The van der Waals surface area contributed by atoms with Gasteiger partial charge < -0.3 is 16.0 Å². The number of aromatic amines is 1. The molecule has 0 bridgehead atoms. The van der Waals surface area contributed by atoms with Crippen molar-refractivity contribution in [3.63, 3.8) is 0 Å². The van der Waals surface area contributed by atoms with Crippen LogP contribution in [0.25, 0.3) is 33.7 Å². The minimum Gasteiger partial charge on any atom is -0.366 e. The largest absolute Gasteiger partial charge is 0.366 e. The number of hydrogen-bond acceptors (Lipinski definition) is 5. The molecule has 2 aromatic carbocycles. The van der Waals surface area contributed by atoms with Gasteiger partial charge in [-0.1, -0.05) is 35.5 Å². The summed E-state index contributed by atoms with van der Waals surface area (Å²) in [5.41, 5.74) is 9.99. The second kappa shape index (κ2) is 6.58. The average molecular weight is 373 g/mol. The highest BCUT2D eigenvalue weighted by Crippen LogP contribution is 2.26. The Kier molecular flexibility index (Phi) is 3.91. The summed E-state index contributed by atoms with van der Waals surface area (Å²) in [6.45, 7) is 1.95. The Balaban J connectivity index is 1.44. The van der Waals surface area contributed by atoms with E-state index in [9.17, 15) is 4.79 Å². The monoisotopic (exact) mass is 373 g/mol. The molecule has 8 nitrogen and oxygen atoms in total. The number of carbonyl (C=O) groups is 1. The SMILES string of the molecule is NC(=O)c1cccc2[nH]c(-c3ccc(-c4cn([C@H]5CCNC5)nn4)cc3)nc12. The first-order valence-corrected chi connectivity index (χ1v) is 9.21. The second-order valence-electron chi connectivity index (χ2n) is 6.96. The molecule has 0 spiro atoms. The van der Waals surface area contributed by atoms with Crippen molar-refractivity contribution in [2.24, 2.45) is 5.73 Å². The van der Waals surface area contributed by atoms with Crippen LogP contribution in [0.5, 0.6) is 0 Å². The van der Waals surface area contributed by atoms with Crippen LogP contribution in [0.15, 0.2) is 48.7 Å². The molecule has 0 radical (unpaired) electrons. The van der Waals surface area contributed by atoms with Gasteiger partial charge in [0.1, 0.15) is 17.0 Å². The number of amides is 1. The molecule has 1 atom stereocenters. The zero-order valence-corrected chi connectivity index (χ0v) is 15.1. The second-order valence-corrected chi connectivity index (χ2v) is 6.96. The van der Waals surface area contributed by atoms with Gasteiger partial charge in [-0.3, -0.25) is 4.79 Å². The van der Waals surface area contributed by atoms with Crippen molar-refractivity contribution >= 4 is 16.9 Å². The summed E-state index contributed by atoms with van der Waals surface area (Å²) in [4.78, 5) is 19.4. The van der Waals surface area contributed by atoms with Crippen LogP contribution in [0.3, 0.4) is 0 Å². The van der Waals surface area contributed by atoms with E-state index in [1.54, 1.807) is 12.1 Å². The molecule has 5 rings (SSSR count). The lowest BCUT2D eigenvalue weighted by molar-refractivity contribution is 0.100. The van der Waals surface area contributed by atoms with Crippen LogP contribution in [0, 0.1) is 0 Å². The molecular weight excluding hydrogens is 354 g/mol. The van der Waals surface area contributed by atoms with Crippen molar-refractivity contribution in [2.45, 2.75) is 12.5 Å². The van der Waals surface area contributed by atoms with Gasteiger partial charge in [-0.05, 0) is 25.1 Å². The van der Waals surface area contributed by atoms with Crippen LogP contribution < -0.4 is 11.1 Å². The molecular formula is C20H19N7O. The fourth-order valence-electron chi connectivity index (χ4n) is 3.62. The maximum Gasteiger partial charge on any atom is 0.250 e. The summed E-state index contributed by atoms with van der Waals surface area (Å²) < 4.78 is 1.94. The Bertz CT molecular complexity index is 1150. The number of nitrogens with zero attached hydrogens (tertiary/aromatic N) is 4. The molecule has 0 unspecified atom stereocenters. The van der Waals surface area contributed by atoms with Crippen molar-refractivity contribution < 1.29 is 4.79 Å². The van der Waals surface area contributed by atoms with Crippen LogP contribution in [-0.2, 0) is 0 Å². The first-order valence-electron chi connectivity index (χ1n) is 9.21. The minimum absolute atomic E-state index is 0.371. The van der Waals surface area contributed by atoms with E-state index in [1.165, 1.54) is 0 Å². The molecule has 1 amide bonds. The summed E-state index contributed by atoms with van der Waals surface area (Å²) in [5.74, 6) is 0.204. The average Bonchev–Trinajstić information content (AvgIpc) is 3.47. The molecule has 140 valence electrons. The summed E-state index contributed by atoms with van der Waals surface area (Å²) in [5, 5.41) is 11.9. The molecule has 1 fully saturated rings. The van der Waals surface area contributed by atoms with Crippen molar-refractivity contribution in [2.75, 3.05) is 13.1 Å². The Labute approximate surface area is 160 Å². The number of fused-ring (bicyclic) bond motifs is 1. The Morgan fingerprint density at radius 3 is 2.71 bits per heavy atom. The number of aromatic nitrogens is 5. The van der Waals surface area contributed by atoms with Gasteiger partial charge in [-0.2, -0.15) is 0 Å². The lowest BCUT2D eigenvalue weighted by atomic mass is 10.1. The van der Waals surface area contributed by atoms with E-state index in [4.69, 9.17) is 5.73 Å². The van der Waals surface area contributed by atoms with E-state index in [-0.39, 0.29) is 0 Å². The molecule has 8 heteroatoms. The zero-order chi connectivity index (χ0) is 19.1. The number of primary amides is 1. The quantitative estimate of drug-likeness (QED) is 0.507. The van der Waals surface area contributed by atoms with Gasteiger partial charge in [0.2, 0.25) is 0 Å². The van der Waals surface area contributed by atoms with Crippen molar-refractivity contribution in [3.05, 3.63) is 54.2 Å². The number of H-pyrrole nitrogens is 1. The summed E-state index contributed by atoms with van der Waals surface area (Å²) >= 11 is 0. The molecule has 28 heavy (non-hydrogen) atoms. The molecule has 2 aromatic heterocycles. The third-order valence-corrected chi connectivity index (χ3v) is 5.15. The number of nitrogens with one attached hydrogen (secondary N) is 2. The van der Waals surface area contributed by atoms with Crippen LogP contribution in [0.1, 0.15) is 22.8 Å². The van der Waals surface area contributed by atoms with Gasteiger partial charge in [0.25, 0.3) is 5.91 Å². The van der Waals surface area contributed by atoms with Gasteiger partial charge in [0, 0.05) is 17.7 Å². The van der Waals surface area contributed by atoms with Crippen LogP contribution in [0.4, 0.5) is 0 Å². The van der Waals surface area contributed by atoms with Crippen LogP contribution in [-0.4, -0.2) is 44.0 Å². The summed E-state index contributed by atoms with van der Waals surface area (Å²) in [6, 6.07) is 13.7. The van der Waals surface area contributed by atoms with Crippen molar-refractivity contribution in [1.82, 2.24) is 30.3 Å². The molecule has 1 aliphatic rings. The van der Waals surface area contributed by atoms with Gasteiger partial charge in [0.05, 0.1) is 23.3 Å². The van der Waals surface area contributed by atoms with E-state index in [0.717, 1.165) is 41.8 Å². The van der Waals surface area contributed by atoms with Crippen LogP contribution in [0.2, 0.25) is 0 Å². The molecule has 4 aromatic rings. The van der Waals surface area contributed by atoms with E-state index in [1.807, 2.05) is 41.2 Å². The fourth-order valence-corrected chi connectivity index (χ4v) is 3.62. The first kappa shape index (κ1) is 16.6. The topological polar surface area (TPSA) is 115 Å². The Morgan fingerprint density at radius 1 is 1.14 bits per heavy atom. The molecule has 1 saturated heterocycles. The lowest BCUT2D eigenvalue weighted by Gasteiger charge is -2.06. The highest BCUT2D eigenvalue weighted by Gasteiger charge is 2.18. The number of carbonyl (C=O) groups excluding carboxylic acids is 1. The molecule has 0 saturated carbocycles. The number of nitrogens with two attached hydrogens (primary N) is 1. The number of para-hydroxylation sites is 1. The molecule has 3 heterocycles. The zero-order valence-electron chi connectivity index (χ0n) is 15.1. The number of rotatable bonds is 4. The number of imidazole rings is 1. The first-order chi connectivity index (χ1) is 13.7.